The highest BCUT2D eigenvalue weighted by Crippen LogP contribution is 2.40. The molecule has 156 valence electrons. The van der Waals surface area contributed by atoms with Gasteiger partial charge in [0.05, 0.1) is 32.4 Å². The molecule has 0 aliphatic rings. The summed E-state index contributed by atoms with van der Waals surface area (Å²) >= 11 is 1.71. The second-order valence-electron chi connectivity index (χ2n) is 8.01. The molecule has 4 heterocycles. The topological polar surface area (TPSA) is 63.3 Å². The largest absolute Gasteiger partial charge is 0.385 e. The van der Waals surface area contributed by atoms with Gasteiger partial charge in [-0.3, -0.25) is 4.98 Å². The van der Waals surface area contributed by atoms with Crippen LogP contribution in [0.4, 0.5) is 0 Å². The third-order valence-corrected chi connectivity index (χ3v) is 7.09. The standard InChI is InChI=1S/C24H28N4OS/c1-7-24(29,8-2)18-13-16(5)27-28-21(17(6)26-23(18)28)22-14(3)12-20(30-22)19-11-9-10-15(4)25-19/h9-13,29H,7-8H2,1-6H3. The summed E-state index contributed by atoms with van der Waals surface area (Å²) in [5.41, 5.74) is 6.62. The molecule has 5 nitrogen and oxygen atoms in total. The van der Waals surface area contributed by atoms with Crippen molar-refractivity contribution < 1.29 is 5.11 Å². The van der Waals surface area contributed by atoms with E-state index in [0.717, 1.165) is 49.4 Å². The summed E-state index contributed by atoms with van der Waals surface area (Å²) in [6.07, 6.45) is 1.26. The van der Waals surface area contributed by atoms with Crippen LogP contribution in [0.2, 0.25) is 0 Å². The van der Waals surface area contributed by atoms with Crippen molar-refractivity contribution in [3.05, 3.63) is 58.5 Å². The third kappa shape index (κ3) is 3.34. The van der Waals surface area contributed by atoms with Crippen molar-refractivity contribution in [1.29, 1.82) is 0 Å². The average Bonchev–Trinajstić information content (AvgIpc) is 3.25. The Labute approximate surface area is 181 Å². The number of nitrogens with zero attached hydrogens (tertiary/aromatic N) is 4. The third-order valence-electron chi connectivity index (χ3n) is 5.83. The maximum Gasteiger partial charge on any atom is 0.160 e. The molecule has 0 saturated carbocycles. The fourth-order valence-corrected chi connectivity index (χ4v) is 5.23. The molecule has 4 aromatic heterocycles. The molecule has 0 radical (unpaired) electrons. The monoisotopic (exact) mass is 420 g/mol. The molecule has 0 saturated heterocycles. The van der Waals surface area contributed by atoms with Crippen molar-refractivity contribution in [3.63, 3.8) is 0 Å². The molecule has 6 heteroatoms. The quantitative estimate of drug-likeness (QED) is 0.446. The smallest absolute Gasteiger partial charge is 0.160 e. The van der Waals surface area contributed by atoms with E-state index in [1.54, 1.807) is 11.3 Å². The molecule has 0 aliphatic heterocycles. The Morgan fingerprint density at radius 1 is 1.00 bits per heavy atom. The van der Waals surface area contributed by atoms with Gasteiger partial charge < -0.3 is 5.11 Å². The van der Waals surface area contributed by atoms with Gasteiger partial charge in [-0.15, -0.1) is 11.3 Å². The van der Waals surface area contributed by atoms with Gasteiger partial charge in [0.2, 0.25) is 0 Å². The number of aromatic nitrogens is 4. The Morgan fingerprint density at radius 2 is 1.73 bits per heavy atom. The molecule has 0 bridgehead atoms. The molecule has 0 amide bonds. The number of aliphatic hydroxyl groups is 1. The summed E-state index contributed by atoms with van der Waals surface area (Å²) < 4.78 is 1.92. The van der Waals surface area contributed by atoms with Crippen molar-refractivity contribution in [2.75, 3.05) is 0 Å². The Balaban J connectivity index is 1.95. The first-order valence-corrected chi connectivity index (χ1v) is 11.2. The van der Waals surface area contributed by atoms with Crippen molar-refractivity contribution >= 4 is 17.0 Å². The summed E-state index contributed by atoms with van der Waals surface area (Å²) in [4.78, 5) is 11.8. The van der Waals surface area contributed by atoms with Crippen LogP contribution < -0.4 is 0 Å². The lowest BCUT2D eigenvalue weighted by Crippen LogP contribution is -2.25. The number of rotatable bonds is 5. The van der Waals surface area contributed by atoms with E-state index in [1.165, 1.54) is 5.56 Å². The van der Waals surface area contributed by atoms with Crippen LogP contribution in [0.25, 0.3) is 26.8 Å². The molecule has 0 spiro atoms. The van der Waals surface area contributed by atoms with Crippen molar-refractivity contribution in [1.82, 2.24) is 19.6 Å². The van der Waals surface area contributed by atoms with Crippen molar-refractivity contribution in [2.45, 2.75) is 60.0 Å². The van der Waals surface area contributed by atoms with E-state index in [2.05, 4.69) is 18.0 Å². The zero-order chi connectivity index (χ0) is 21.6. The van der Waals surface area contributed by atoms with E-state index in [4.69, 9.17) is 10.1 Å². The highest BCUT2D eigenvalue weighted by atomic mass is 32.1. The number of thiophene rings is 1. The Kier molecular flexibility index (Phi) is 5.24. The number of imidazole rings is 1. The lowest BCUT2D eigenvalue weighted by atomic mass is 9.89. The van der Waals surface area contributed by atoms with Gasteiger partial charge in [0.25, 0.3) is 0 Å². The fourth-order valence-electron chi connectivity index (χ4n) is 4.01. The molecule has 4 rings (SSSR count). The highest BCUT2D eigenvalue weighted by molar-refractivity contribution is 7.19. The van der Waals surface area contributed by atoms with Gasteiger partial charge in [0.1, 0.15) is 5.69 Å². The number of fused-ring (bicyclic) bond motifs is 1. The average molecular weight is 421 g/mol. The Hall–Kier alpha value is -2.57. The molecule has 0 fully saturated rings. The first-order valence-electron chi connectivity index (χ1n) is 10.4. The second-order valence-corrected chi connectivity index (χ2v) is 9.06. The van der Waals surface area contributed by atoms with Gasteiger partial charge in [0, 0.05) is 11.3 Å². The zero-order valence-corrected chi connectivity index (χ0v) is 19.3. The summed E-state index contributed by atoms with van der Waals surface area (Å²) in [5, 5.41) is 16.0. The molecule has 4 aromatic rings. The van der Waals surface area contributed by atoms with Crippen molar-refractivity contribution in [3.8, 4) is 21.1 Å². The molecule has 0 aliphatic carbocycles. The SMILES string of the molecule is CCC(O)(CC)c1cc(C)nn2c(-c3sc(-c4cccc(C)n4)cc3C)c(C)nc12. The number of hydrogen-bond donors (Lipinski definition) is 1. The van der Waals surface area contributed by atoms with E-state index in [1.807, 2.05) is 63.4 Å². The van der Waals surface area contributed by atoms with Crippen LogP contribution in [0.1, 0.15) is 54.9 Å². The summed E-state index contributed by atoms with van der Waals surface area (Å²) in [6, 6.07) is 10.3. The van der Waals surface area contributed by atoms with Crippen molar-refractivity contribution in [2.24, 2.45) is 0 Å². The second kappa shape index (κ2) is 7.60. The van der Waals surface area contributed by atoms with E-state index < -0.39 is 5.60 Å². The molecular weight excluding hydrogens is 392 g/mol. The van der Waals surface area contributed by atoms with Gasteiger partial charge in [-0.1, -0.05) is 19.9 Å². The maximum atomic E-state index is 11.2. The molecule has 1 N–H and O–H groups in total. The van der Waals surface area contributed by atoms with Crippen LogP contribution in [-0.4, -0.2) is 24.7 Å². The van der Waals surface area contributed by atoms with Crippen LogP contribution >= 0.6 is 11.3 Å². The molecule has 0 unspecified atom stereocenters. The van der Waals surface area contributed by atoms with Crippen LogP contribution in [0.15, 0.2) is 30.3 Å². The van der Waals surface area contributed by atoms with Gasteiger partial charge in [-0.25, -0.2) is 9.50 Å². The zero-order valence-electron chi connectivity index (χ0n) is 18.4. The Bertz CT molecular complexity index is 1230. The minimum Gasteiger partial charge on any atom is -0.385 e. The lowest BCUT2D eigenvalue weighted by molar-refractivity contribution is 0.0291. The van der Waals surface area contributed by atoms with Gasteiger partial charge in [-0.05, 0) is 70.4 Å². The number of aryl methyl sites for hydroxylation is 4. The van der Waals surface area contributed by atoms with Gasteiger partial charge in [-0.2, -0.15) is 5.10 Å². The fraction of sp³-hybridized carbons (Fsp3) is 0.375. The van der Waals surface area contributed by atoms with E-state index in [0.29, 0.717) is 12.8 Å². The maximum absolute atomic E-state index is 11.2. The predicted octanol–water partition coefficient (Wildman–Crippen LogP) is 5.76. The molecule has 30 heavy (non-hydrogen) atoms. The molecule has 0 aromatic carbocycles. The van der Waals surface area contributed by atoms with E-state index >= 15 is 0 Å². The number of pyridine rings is 1. The number of hydrogen-bond acceptors (Lipinski definition) is 5. The summed E-state index contributed by atoms with van der Waals surface area (Å²) in [7, 11) is 0. The molecular formula is C24H28N4OS. The van der Waals surface area contributed by atoms with Crippen LogP contribution in [0.3, 0.4) is 0 Å². The first kappa shape index (κ1) is 20.7. The summed E-state index contributed by atoms with van der Waals surface area (Å²) in [5.74, 6) is 0. The predicted molar refractivity (Wildman–Crippen MR) is 123 cm³/mol. The summed E-state index contributed by atoms with van der Waals surface area (Å²) in [6.45, 7) is 12.1. The highest BCUT2D eigenvalue weighted by Gasteiger charge is 2.30. The lowest BCUT2D eigenvalue weighted by Gasteiger charge is -2.26. The van der Waals surface area contributed by atoms with E-state index in [-0.39, 0.29) is 0 Å². The first-order chi connectivity index (χ1) is 14.3. The minimum atomic E-state index is -0.912. The van der Waals surface area contributed by atoms with Gasteiger partial charge in [0.15, 0.2) is 5.65 Å². The van der Waals surface area contributed by atoms with Crippen LogP contribution in [0.5, 0.6) is 0 Å². The van der Waals surface area contributed by atoms with Crippen LogP contribution in [0, 0.1) is 27.7 Å². The molecule has 0 atom stereocenters. The normalized spacial score (nSPS) is 12.1. The van der Waals surface area contributed by atoms with Gasteiger partial charge >= 0.3 is 0 Å². The van der Waals surface area contributed by atoms with E-state index in [9.17, 15) is 5.11 Å². The minimum absolute atomic E-state index is 0.630. The van der Waals surface area contributed by atoms with Crippen LogP contribution in [-0.2, 0) is 5.60 Å². The Morgan fingerprint density at radius 3 is 2.40 bits per heavy atom.